The predicted octanol–water partition coefficient (Wildman–Crippen LogP) is 2.33. The summed E-state index contributed by atoms with van der Waals surface area (Å²) in [4.78, 5) is 0.0287. The van der Waals surface area contributed by atoms with Crippen molar-refractivity contribution in [1.29, 1.82) is 0 Å². The van der Waals surface area contributed by atoms with E-state index in [2.05, 4.69) is 9.88 Å². The SMILES string of the molecule is Cc1noc(C)c1S(=O)(=O)Nc1ccc(Cl)c(N)c1. The molecule has 0 radical (unpaired) electrons. The molecule has 102 valence electrons. The number of nitrogens with two attached hydrogens (primary N) is 1. The lowest BCUT2D eigenvalue weighted by Gasteiger charge is -2.08. The lowest BCUT2D eigenvalue weighted by atomic mass is 10.3. The third-order valence-corrected chi connectivity index (χ3v) is 4.45. The van der Waals surface area contributed by atoms with Crippen LogP contribution in [0, 0.1) is 13.8 Å². The van der Waals surface area contributed by atoms with Crippen LogP contribution in [0.5, 0.6) is 0 Å². The molecular formula is C11H12ClN3O3S. The number of rotatable bonds is 3. The van der Waals surface area contributed by atoms with Crippen molar-refractivity contribution in [3.05, 3.63) is 34.7 Å². The minimum Gasteiger partial charge on any atom is -0.397 e. The number of halogens is 1. The molecule has 2 rings (SSSR count). The molecular weight excluding hydrogens is 290 g/mol. The third kappa shape index (κ3) is 2.66. The number of nitrogens with zero attached hydrogens (tertiary/aromatic N) is 1. The van der Waals surface area contributed by atoms with Crippen molar-refractivity contribution in [1.82, 2.24) is 5.16 Å². The molecule has 3 N–H and O–H groups in total. The van der Waals surface area contributed by atoms with Crippen LogP contribution in [0.1, 0.15) is 11.5 Å². The van der Waals surface area contributed by atoms with Crippen LogP contribution in [0.2, 0.25) is 5.02 Å². The Morgan fingerprint density at radius 1 is 1.37 bits per heavy atom. The van der Waals surface area contributed by atoms with Crippen molar-refractivity contribution in [3.63, 3.8) is 0 Å². The average Bonchev–Trinajstić information content (AvgIpc) is 2.64. The lowest BCUT2D eigenvalue weighted by molar-refractivity contribution is 0.390. The second-order valence-corrected chi connectivity index (χ2v) is 6.02. The number of benzene rings is 1. The smallest absolute Gasteiger partial charge is 0.267 e. The summed E-state index contributed by atoms with van der Waals surface area (Å²) in [6.45, 7) is 3.09. The highest BCUT2D eigenvalue weighted by atomic mass is 35.5. The average molecular weight is 302 g/mol. The van der Waals surface area contributed by atoms with Crippen molar-refractivity contribution >= 4 is 33.0 Å². The molecule has 0 aliphatic carbocycles. The van der Waals surface area contributed by atoms with E-state index < -0.39 is 10.0 Å². The van der Waals surface area contributed by atoms with Crippen LogP contribution in [-0.4, -0.2) is 13.6 Å². The summed E-state index contributed by atoms with van der Waals surface area (Å²) in [6, 6.07) is 4.48. The summed E-state index contributed by atoms with van der Waals surface area (Å²) in [5.41, 5.74) is 6.53. The molecule has 0 unspecified atom stereocenters. The zero-order valence-electron chi connectivity index (χ0n) is 10.3. The van der Waals surface area contributed by atoms with Gasteiger partial charge < -0.3 is 10.3 Å². The molecule has 0 spiro atoms. The van der Waals surface area contributed by atoms with Gasteiger partial charge in [0.25, 0.3) is 10.0 Å². The minimum absolute atomic E-state index is 0.0287. The Kier molecular flexibility index (Phi) is 3.42. The van der Waals surface area contributed by atoms with Gasteiger partial charge >= 0.3 is 0 Å². The van der Waals surface area contributed by atoms with E-state index in [1.165, 1.54) is 25.1 Å². The van der Waals surface area contributed by atoms with Gasteiger partial charge in [0.15, 0.2) is 10.7 Å². The van der Waals surface area contributed by atoms with Gasteiger partial charge in [-0.15, -0.1) is 0 Å². The quantitative estimate of drug-likeness (QED) is 0.848. The standard InChI is InChI=1S/C11H12ClN3O3S/c1-6-11(7(2)18-14-6)19(16,17)15-8-3-4-9(12)10(13)5-8/h3-5,15H,13H2,1-2H3. The molecule has 6 nitrogen and oxygen atoms in total. The number of nitrogens with one attached hydrogen (secondary N) is 1. The molecule has 0 fully saturated rings. The van der Waals surface area contributed by atoms with E-state index in [0.29, 0.717) is 22.1 Å². The highest BCUT2D eigenvalue weighted by Gasteiger charge is 2.24. The Morgan fingerprint density at radius 3 is 2.58 bits per heavy atom. The summed E-state index contributed by atoms with van der Waals surface area (Å²) in [6.07, 6.45) is 0. The van der Waals surface area contributed by atoms with Gasteiger partial charge in [0.1, 0.15) is 5.69 Å². The number of sulfonamides is 1. The fourth-order valence-electron chi connectivity index (χ4n) is 1.67. The van der Waals surface area contributed by atoms with Gasteiger partial charge in [-0.3, -0.25) is 4.72 Å². The summed E-state index contributed by atoms with van der Waals surface area (Å²) < 4.78 is 31.7. The Bertz CT molecular complexity index is 705. The van der Waals surface area contributed by atoms with Crippen molar-refractivity contribution in [2.45, 2.75) is 18.7 Å². The molecule has 0 aliphatic rings. The number of anilines is 2. The van der Waals surface area contributed by atoms with Crippen LogP contribution in [0.3, 0.4) is 0 Å². The lowest BCUT2D eigenvalue weighted by Crippen LogP contribution is -2.14. The zero-order valence-corrected chi connectivity index (χ0v) is 11.8. The van der Waals surface area contributed by atoms with Crippen molar-refractivity contribution in [3.8, 4) is 0 Å². The van der Waals surface area contributed by atoms with Gasteiger partial charge in [-0.25, -0.2) is 8.42 Å². The fourth-order valence-corrected chi connectivity index (χ4v) is 3.17. The molecule has 2 aromatic rings. The molecule has 0 aliphatic heterocycles. The summed E-state index contributed by atoms with van der Waals surface area (Å²) >= 11 is 5.77. The van der Waals surface area contributed by atoms with Crippen molar-refractivity contribution in [2.75, 3.05) is 10.5 Å². The zero-order chi connectivity index (χ0) is 14.2. The Labute approximate surface area is 115 Å². The molecule has 8 heteroatoms. The molecule has 19 heavy (non-hydrogen) atoms. The van der Waals surface area contributed by atoms with Gasteiger partial charge in [-0.1, -0.05) is 16.8 Å². The molecule has 1 aromatic heterocycles. The second-order valence-electron chi connectivity index (χ2n) is 4.00. The molecule has 0 amide bonds. The Balaban J connectivity index is 2.39. The molecule has 0 saturated heterocycles. The molecule has 0 saturated carbocycles. The topological polar surface area (TPSA) is 98.2 Å². The van der Waals surface area contributed by atoms with Gasteiger partial charge in [0.05, 0.1) is 16.4 Å². The first-order valence-electron chi connectivity index (χ1n) is 5.32. The second kappa shape index (κ2) is 4.75. The minimum atomic E-state index is -3.77. The van der Waals surface area contributed by atoms with Crippen LogP contribution in [0.4, 0.5) is 11.4 Å². The number of aryl methyl sites for hydroxylation is 2. The Hall–Kier alpha value is -1.73. The molecule has 0 bridgehead atoms. The van der Waals surface area contributed by atoms with Crippen molar-refractivity contribution in [2.24, 2.45) is 0 Å². The maximum Gasteiger partial charge on any atom is 0.267 e. The predicted molar refractivity (Wildman–Crippen MR) is 72.6 cm³/mol. The molecule has 0 atom stereocenters. The largest absolute Gasteiger partial charge is 0.397 e. The van der Waals surface area contributed by atoms with Crippen molar-refractivity contribution < 1.29 is 12.9 Å². The van der Waals surface area contributed by atoms with Crippen LogP contribution in [-0.2, 0) is 10.0 Å². The molecule has 1 aromatic carbocycles. The first-order valence-corrected chi connectivity index (χ1v) is 7.18. The Morgan fingerprint density at radius 2 is 2.05 bits per heavy atom. The highest BCUT2D eigenvalue weighted by Crippen LogP contribution is 2.26. The summed E-state index contributed by atoms with van der Waals surface area (Å²) in [5, 5.41) is 3.98. The monoisotopic (exact) mass is 301 g/mol. The summed E-state index contributed by atoms with van der Waals surface area (Å²) in [7, 11) is -3.77. The van der Waals surface area contributed by atoms with Gasteiger partial charge in [-0.2, -0.15) is 0 Å². The summed E-state index contributed by atoms with van der Waals surface area (Å²) in [5.74, 6) is 0.229. The highest BCUT2D eigenvalue weighted by molar-refractivity contribution is 7.92. The van der Waals surface area contributed by atoms with E-state index in [9.17, 15) is 8.42 Å². The van der Waals surface area contributed by atoms with E-state index in [4.69, 9.17) is 21.9 Å². The number of hydrogen-bond donors (Lipinski definition) is 2. The maximum absolute atomic E-state index is 12.2. The van der Waals surface area contributed by atoms with Crippen LogP contribution in [0.15, 0.2) is 27.6 Å². The van der Waals surface area contributed by atoms with E-state index in [0.717, 1.165) is 0 Å². The van der Waals surface area contributed by atoms with Gasteiger partial charge in [0, 0.05) is 0 Å². The first-order chi connectivity index (χ1) is 8.81. The fraction of sp³-hybridized carbons (Fsp3) is 0.182. The van der Waals surface area contributed by atoms with Gasteiger partial charge in [0.2, 0.25) is 0 Å². The van der Waals surface area contributed by atoms with Gasteiger partial charge in [-0.05, 0) is 32.0 Å². The van der Waals surface area contributed by atoms with E-state index in [1.807, 2.05) is 0 Å². The normalized spacial score (nSPS) is 11.5. The molecule has 1 heterocycles. The number of nitrogen functional groups attached to an aromatic ring is 1. The van der Waals surface area contributed by atoms with Crippen LogP contribution in [0.25, 0.3) is 0 Å². The first kappa shape index (κ1) is 13.7. The third-order valence-electron chi connectivity index (χ3n) is 2.48. The van der Waals surface area contributed by atoms with Crippen LogP contribution < -0.4 is 10.5 Å². The van der Waals surface area contributed by atoms with E-state index >= 15 is 0 Å². The van der Waals surface area contributed by atoms with E-state index in [-0.39, 0.29) is 10.7 Å². The van der Waals surface area contributed by atoms with Crippen LogP contribution >= 0.6 is 11.6 Å². The number of aromatic nitrogens is 1. The maximum atomic E-state index is 12.2. The number of hydrogen-bond acceptors (Lipinski definition) is 5. The van der Waals surface area contributed by atoms with E-state index in [1.54, 1.807) is 6.92 Å².